The number of nitrogens with zero attached hydrogens (tertiary/aromatic N) is 2. The van der Waals surface area contributed by atoms with Gasteiger partial charge in [-0.2, -0.15) is 0 Å². The van der Waals surface area contributed by atoms with Gasteiger partial charge in [-0.3, -0.25) is 9.78 Å². The zero-order chi connectivity index (χ0) is 24.3. The molecule has 6 heteroatoms. The predicted molar refractivity (Wildman–Crippen MR) is 132 cm³/mol. The first-order chi connectivity index (χ1) is 16.3. The smallest absolute Gasteiger partial charge is 0.209 e. The maximum Gasteiger partial charge on any atom is 0.209 e. The highest BCUT2D eigenvalue weighted by Crippen LogP contribution is 2.50. The quantitative estimate of drug-likeness (QED) is 0.559. The average Bonchev–Trinajstić information content (AvgIpc) is 2.84. The van der Waals surface area contributed by atoms with E-state index < -0.39 is 5.60 Å². The van der Waals surface area contributed by atoms with Crippen molar-refractivity contribution >= 4 is 6.41 Å². The zero-order valence-electron chi connectivity index (χ0n) is 21.1. The maximum absolute atomic E-state index is 11.8. The Hall–Kier alpha value is -2.44. The molecule has 2 fully saturated rings. The van der Waals surface area contributed by atoms with E-state index in [9.17, 15) is 4.79 Å². The third-order valence-corrected chi connectivity index (χ3v) is 7.35. The second-order valence-electron chi connectivity index (χ2n) is 10.6. The number of amides is 1. The van der Waals surface area contributed by atoms with Crippen LogP contribution in [0.5, 0.6) is 5.75 Å². The van der Waals surface area contributed by atoms with Gasteiger partial charge in [0.25, 0.3) is 0 Å². The summed E-state index contributed by atoms with van der Waals surface area (Å²) in [7, 11) is 1.73. The summed E-state index contributed by atoms with van der Waals surface area (Å²) in [5.41, 5.74) is 2.91. The lowest BCUT2D eigenvalue weighted by atomic mass is 9.70. The van der Waals surface area contributed by atoms with Crippen molar-refractivity contribution in [3.63, 3.8) is 0 Å². The summed E-state index contributed by atoms with van der Waals surface area (Å²) in [4.78, 5) is 18.0. The lowest BCUT2D eigenvalue weighted by Gasteiger charge is -2.53. The van der Waals surface area contributed by atoms with Gasteiger partial charge in [-0.25, -0.2) is 0 Å². The molecular formula is C28H38N2O4. The van der Waals surface area contributed by atoms with Crippen molar-refractivity contribution in [1.82, 2.24) is 9.88 Å². The highest BCUT2D eigenvalue weighted by molar-refractivity contribution is 5.49. The number of carbonyl (C=O) groups excluding carboxylic acids is 1. The minimum atomic E-state index is -0.438. The average molecular weight is 467 g/mol. The third kappa shape index (κ3) is 4.98. The minimum Gasteiger partial charge on any atom is -0.496 e. The number of hydrogen-bond donors (Lipinski definition) is 0. The van der Waals surface area contributed by atoms with E-state index >= 15 is 0 Å². The Balaban J connectivity index is 1.76. The second kappa shape index (κ2) is 10.0. The highest BCUT2D eigenvalue weighted by atomic mass is 16.5. The zero-order valence-corrected chi connectivity index (χ0v) is 21.1. The van der Waals surface area contributed by atoms with Crippen LogP contribution in [0.25, 0.3) is 0 Å². The summed E-state index contributed by atoms with van der Waals surface area (Å²) in [6.07, 6.45) is 7.00. The number of piperidine rings is 1. The normalized spacial score (nSPS) is 27.6. The standard InChI is InChI=1S/C28H38N2O4/c1-6-33-22-15-25(21-8-7-12-29-17-21)34-28(16-22)11-13-30(19-31)18-24(28)20-9-10-23(27(2,3)4)26(14-20)32-5/h7-10,12,14,17,19,22,24-25H,6,11,13,15-16,18H2,1-5H3/t22?,24-,25?,28-/m1/s1. The van der Waals surface area contributed by atoms with Crippen LogP contribution < -0.4 is 4.74 Å². The van der Waals surface area contributed by atoms with Gasteiger partial charge in [0.2, 0.25) is 6.41 Å². The molecule has 0 bridgehead atoms. The fourth-order valence-electron chi connectivity index (χ4n) is 5.65. The lowest BCUT2D eigenvalue weighted by Crippen LogP contribution is -2.56. The molecule has 1 aromatic carbocycles. The number of likely N-dealkylation sites (tertiary alicyclic amines) is 1. The molecule has 0 aliphatic carbocycles. The Kier molecular flexibility index (Phi) is 7.29. The van der Waals surface area contributed by atoms with E-state index in [1.54, 1.807) is 13.3 Å². The van der Waals surface area contributed by atoms with Crippen molar-refractivity contribution in [1.29, 1.82) is 0 Å². The van der Waals surface area contributed by atoms with Crippen molar-refractivity contribution in [2.45, 2.75) is 76.1 Å². The van der Waals surface area contributed by atoms with E-state index in [4.69, 9.17) is 14.2 Å². The molecule has 2 unspecified atom stereocenters. The van der Waals surface area contributed by atoms with Crippen LogP contribution in [0, 0.1) is 0 Å². The van der Waals surface area contributed by atoms with Crippen molar-refractivity contribution in [2.24, 2.45) is 0 Å². The topological polar surface area (TPSA) is 60.9 Å². The SMILES string of the molecule is CCOC1CC(c2cccnc2)O[C@]2(CCN(C=O)C[C@@H]2c2ccc(C(C)(C)C)c(OC)c2)C1. The van der Waals surface area contributed by atoms with Crippen LogP contribution in [0.2, 0.25) is 0 Å². The van der Waals surface area contributed by atoms with Crippen LogP contribution in [0.3, 0.4) is 0 Å². The van der Waals surface area contributed by atoms with Crippen molar-refractivity contribution in [3.05, 3.63) is 59.4 Å². The van der Waals surface area contributed by atoms with Crippen molar-refractivity contribution < 1.29 is 19.0 Å². The number of benzene rings is 1. The Morgan fingerprint density at radius 3 is 2.74 bits per heavy atom. The van der Waals surface area contributed by atoms with Crippen LogP contribution in [-0.2, 0) is 19.7 Å². The summed E-state index contributed by atoms with van der Waals surface area (Å²) < 4.78 is 19.0. The van der Waals surface area contributed by atoms with Crippen LogP contribution in [0.15, 0.2) is 42.7 Å². The monoisotopic (exact) mass is 466 g/mol. The number of carbonyl (C=O) groups is 1. The molecule has 184 valence electrons. The van der Waals surface area contributed by atoms with Crippen LogP contribution >= 0.6 is 0 Å². The van der Waals surface area contributed by atoms with Gasteiger partial charge in [0.1, 0.15) is 5.75 Å². The largest absolute Gasteiger partial charge is 0.496 e. The van der Waals surface area contributed by atoms with Gasteiger partial charge in [-0.15, -0.1) is 0 Å². The van der Waals surface area contributed by atoms with Gasteiger partial charge >= 0.3 is 0 Å². The first-order valence-electron chi connectivity index (χ1n) is 12.4. The second-order valence-corrected chi connectivity index (χ2v) is 10.6. The van der Waals surface area contributed by atoms with Gasteiger partial charge in [0.05, 0.1) is 24.9 Å². The van der Waals surface area contributed by atoms with Crippen molar-refractivity contribution in [2.75, 3.05) is 26.8 Å². The number of rotatable bonds is 6. The summed E-state index contributed by atoms with van der Waals surface area (Å²) in [5, 5.41) is 0. The van der Waals surface area contributed by atoms with E-state index in [-0.39, 0.29) is 23.5 Å². The molecule has 3 heterocycles. The molecule has 1 amide bonds. The Morgan fingerprint density at radius 1 is 1.26 bits per heavy atom. The molecule has 2 saturated heterocycles. The summed E-state index contributed by atoms with van der Waals surface area (Å²) in [5.74, 6) is 0.890. The summed E-state index contributed by atoms with van der Waals surface area (Å²) in [6, 6.07) is 10.5. The number of pyridine rings is 1. The molecular weight excluding hydrogens is 428 g/mol. The van der Waals surface area contributed by atoms with E-state index in [0.717, 1.165) is 42.5 Å². The molecule has 34 heavy (non-hydrogen) atoms. The first kappa shape index (κ1) is 24.7. The van der Waals surface area contributed by atoms with Crippen LogP contribution in [0.4, 0.5) is 0 Å². The van der Waals surface area contributed by atoms with Gasteiger partial charge in [0.15, 0.2) is 0 Å². The molecule has 6 nitrogen and oxygen atoms in total. The van der Waals surface area contributed by atoms with Gasteiger partial charge < -0.3 is 19.1 Å². The number of methoxy groups -OCH3 is 1. The van der Waals surface area contributed by atoms with E-state index in [0.29, 0.717) is 19.7 Å². The Bertz CT molecular complexity index is 974. The summed E-state index contributed by atoms with van der Waals surface area (Å²) in [6.45, 7) is 10.6. The molecule has 0 radical (unpaired) electrons. The van der Waals surface area contributed by atoms with E-state index in [1.165, 1.54) is 5.56 Å². The Labute approximate surface area is 203 Å². The maximum atomic E-state index is 11.8. The molecule has 0 N–H and O–H groups in total. The molecule has 1 aromatic heterocycles. The molecule has 2 aliphatic heterocycles. The molecule has 4 rings (SSSR count). The van der Waals surface area contributed by atoms with Gasteiger partial charge in [-0.05, 0) is 47.6 Å². The molecule has 2 aliphatic rings. The van der Waals surface area contributed by atoms with Gasteiger partial charge in [0, 0.05) is 50.8 Å². The van der Waals surface area contributed by atoms with Gasteiger partial charge in [-0.1, -0.05) is 39.0 Å². The van der Waals surface area contributed by atoms with Crippen molar-refractivity contribution in [3.8, 4) is 5.75 Å². The molecule has 2 aromatic rings. The number of hydrogen-bond acceptors (Lipinski definition) is 5. The number of aromatic nitrogens is 1. The van der Waals surface area contributed by atoms with E-state index in [1.807, 2.05) is 24.1 Å². The fourth-order valence-corrected chi connectivity index (χ4v) is 5.65. The van der Waals surface area contributed by atoms with E-state index in [2.05, 4.69) is 50.0 Å². The van der Waals surface area contributed by atoms with Crippen LogP contribution in [-0.4, -0.2) is 54.8 Å². The third-order valence-electron chi connectivity index (χ3n) is 7.35. The highest BCUT2D eigenvalue weighted by Gasteiger charge is 2.51. The lowest BCUT2D eigenvalue weighted by molar-refractivity contribution is -0.201. The predicted octanol–water partition coefficient (Wildman–Crippen LogP) is 5.03. The minimum absolute atomic E-state index is 0.0109. The molecule has 4 atom stereocenters. The summed E-state index contributed by atoms with van der Waals surface area (Å²) >= 11 is 0. The molecule has 0 saturated carbocycles. The fraction of sp³-hybridized carbons (Fsp3) is 0.571. The number of ether oxygens (including phenoxy) is 3. The first-order valence-corrected chi connectivity index (χ1v) is 12.4. The van der Waals surface area contributed by atoms with Crippen LogP contribution in [0.1, 0.15) is 75.7 Å². The molecule has 1 spiro atoms. The Morgan fingerprint density at radius 2 is 2.09 bits per heavy atom.